The number of thioether (sulfide) groups is 1. The van der Waals surface area contributed by atoms with Gasteiger partial charge in [-0.15, -0.1) is 11.3 Å². The molecule has 3 aromatic rings. The number of ketones is 1. The fourth-order valence-corrected chi connectivity index (χ4v) is 4.73. The first-order valence-corrected chi connectivity index (χ1v) is 9.36. The number of ether oxygens (including phenoxy) is 1. The van der Waals surface area contributed by atoms with Crippen LogP contribution in [0, 0.1) is 5.41 Å². The van der Waals surface area contributed by atoms with Crippen molar-refractivity contribution in [2.45, 2.75) is 5.92 Å². The topological polar surface area (TPSA) is 63.0 Å². The second-order valence-electron chi connectivity index (χ2n) is 5.55. The van der Waals surface area contributed by atoms with Crippen molar-refractivity contribution in [2.24, 2.45) is 0 Å². The highest BCUT2D eigenvalue weighted by atomic mass is 32.2. The highest BCUT2D eigenvalue weighted by Crippen LogP contribution is 2.42. The molecule has 0 unspecified atom stereocenters. The molecule has 1 aliphatic rings. The molecule has 0 saturated carbocycles. The summed E-state index contributed by atoms with van der Waals surface area (Å²) in [6.07, 6.45) is 3.54. The Hall–Kier alpha value is -2.44. The highest BCUT2D eigenvalue weighted by molar-refractivity contribution is 8.19. The van der Waals surface area contributed by atoms with E-state index in [9.17, 15) is 4.79 Å². The van der Waals surface area contributed by atoms with Gasteiger partial charge in [-0.05, 0) is 23.1 Å². The summed E-state index contributed by atoms with van der Waals surface area (Å²) in [6.45, 7) is 0. The molecule has 1 fully saturated rings. The maximum Gasteiger partial charge on any atom is 0.186 e. The number of hydrogen-bond donors (Lipinski definition) is 1. The average Bonchev–Trinajstić information content (AvgIpc) is 3.24. The van der Waals surface area contributed by atoms with Gasteiger partial charge in [0.1, 0.15) is 16.7 Å². The fourth-order valence-electron chi connectivity index (χ4n) is 2.93. The molecule has 0 radical (unpaired) electrons. The molecular weight excluding hydrogens is 352 g/mol. The number of nitrogens with zero attached hydrogens (tertiary/aromatic N) is 1. The molecule has 0 bridgehead atoms. The third kappa shape index (κ3) is 2.77. The molecule has 4 nitrogen and oxygen atoms in total. The number of benzene rings is 2. The summed E-state index contributed by atoms with van der Waals surface area (Å²) in [7, 11) is 1.65. The number of carbonyl (C=O) groups excluding carboxylic acids is 1. The maximum absolute atomic E-state index is 12.8. The Labute approximate surface area is 153 Å². The molecule has 0 amide bonds. The van der Waals surface area contributed by atoms with Crippen LogP contribution < -0.4 is 4.74 Å². The maximum atomic E-state index is 12.8. The molecule has 4 rings (SSSR count). The van der Waals surface area contributed by atoms with Gasteiger partial charge in [0.15, 0.2) is 5.78 Å². The predicted octanol–water partition coefficient (Wildman–Crippen LogP) is 4.72. The lowest BCUT2D eigenvalue weighted by molar-refractivity contribution is -0.114. The summed E-state index contributed by atoms with van der Waals surface area (Å²) in [4.78, 5) is 17.6. The van der Waals surface area contributed by atoms with Gasteiger partial charge in [-0.1, -0.05) is 42.1 Å². The number of carbonyl (C=O) groups is 1. The third-order valence-electron chi connectivity index (χ3n) is 4.11. The Morgan fingerprint density at radius 1 is 1.20 bits per heavy atom. The molecule has 2 heterocycles. The largest absolute Gasteiger partial charge is 0.496 e. The second-order valence-corrected chi connectivity index (χ2v) is 7.56. The molecule has 2 aromatic carbocycles. The quantitative estimate of drug-likeness (QED) is 0.681. The van der Waals surface area contributed by atoms with Crippen molar-refractivity contribution in [1.82, 2.24) is 4.98 Å². The van der Waals surface area contributed by atoms with E-state index in [-0.39, 0.29) is 5.78 Å². The number of methoxy groups -OCH3 is 1. The summed E-state index contributed by atoms with van der Waals surface area (Å²) in [6, 6.07) is 11.8. The van der Waals surface area contributed by atoms with Gasteiger partial charge < -0.3 is 4.74 Å². The van der Waals surface area contributed by atoms with E-state index in [1.165, 1.54) is 23.1 Å². The molecular formula is C19H14N2O2S2. The van der Waals surface area contributed by atoms with E-state index in [1.807, 2.05) is 47.9 Å². The molecule has 124 valence electrons. The monoisotopic (exact) mass is 366 g/mol. The van der Waals surface area contributed by atoms with Crippen LogP contribution in [0.5, 0.6) is 5.75 Å². The van der Waals surface area contributed by atoms with E-state index in [1.54, 1.807) is 13.3 Å². The first-order valence-electron chi connectivity index (χ1n) is 7.66. The molecule has 0 aliphatic carbocycles. The number of thiazole rings is 1. The van der Waals surface area contributed by atoms with Crippen LogP contribution in [0.2, 0.25) is 0 Å². The number of allylic oxidation sites excluding steroid dienone is 1. The zero-order chi connectivity index (χ0) is 17.4. The summed E-state index contributed by atoms with van der Waals surface area (Å²) in [5.41, 5.74) is 0.944. The van der Waals surface area contributed by atoms with Crippen molar-refractivity contribution in [1.29, 1.82) is 5.41 Å². The van der Waals surface area contributed by atoms with E-state index >= 15 is 0 Å². The number of fused-ring (bicyclic) bond motifs is 1. The Kier molecular flexibility index (Phi) is 4.15. The van der Waals surface area contributed by atoms with E-state index < -0.39 is 5.92 Å². The Morgan fingerprint density at radius 2 is 2.00 bits per heavy atom. The summed E-state index contributed by atoms with van der Waals surface area (Å²) < 4.78 is 5.42. The molecule has 1 atom stereocenters. The number of Topliss-reactive ketones (excluding diaryl/α,β-unsaturated/α-hetero) is 1. The van der Waals surface area contributed by atoms with Crippen molar-refractivity contribution < 1.29 is 9.53 Å². The second kappa shape index (κ2) is 6.46. The number of rotatable bonds is 3. The molecule has 1 aliphatic heterocycles. The first kappa shape index (κ1) is 16.1. The van der Waals surface area contributed by atoms with Gasteiger partial charge in [-0.3, -0.25) is 10.2 Å². The summed E-state index contributed by atoms with van der Waals surface area (Å²) in [5, 5.41) is 13.1. The van der Waals surface area contributed by atoms with Crippen LogP contribution in [0.3, 0.4) is 0 Å². The SMILES string of the molecule is COc1ccc(/C=C2\SC(=N)[C@@H](c3nccs3)C2=O)c2ccccc12. The van der Waals surface area contributed by atoms with E-state index in [2.05, 4.69) is 4.98 Å². The van der Waals surface area contributed by atoms with Gasteiger partial charge in [0.25, 0.3) is 0 Å². The molecule has 25 heavy (non-hydrogen) atoms. The zero-order valence-corrected chi connectivity index (χ0v) is 15.0. The fraction of sp³-hybridized carbons (Fsp3) is 0.105. The normalized spacial score (nSPS) is 19.1. The summed E-state index contributed by atoms with van der Waals surface area (Å²) in [5.74, 6) is 0.196. The number of nitrogens with one attached hydrogen (secondary N) is 1. The van der Waals surface area contributed by atoms with E-state index in [0.717, 1.165) is 22.1 Å². The van der Waals surface area contributed by atoms with Crippen LogP contribution in [-0.4, -0.2) is 22.9 Å². The van der Waals surface area contributed by atoms with Crippen molar-refractivity contribution in [3.8, 4) is 5.75 Å². The average molecular weight is 366 g/mol. The van der Waals surface area contributed by atoms with Crippen molar-refractivity contribution in [3.05, 3.63) is 63.5 Å². The smallest absolute Gasteiger partial charge is 0.186 e. The minimum Gasteiger partial charge on any atom is -0.496 e. The minimum absolute atomic E-state index is 0.0511. The van der Waals surface area contributed by atoms with Crippen molar-refractivity contribution in [3.63, 3.8) is 0 Å². The van der Waals surface area contributed by atoms with Crippen LogP contribution in [-0.2, 0) is 4.79 Å². The summed E-state index contributed by atoms with van der Waals surface area (Å²) >= 11 is 2.64. The third-order valence-corrected chi connectivity index (χ3v) is 5.94. The van der Waals surface area contributed by atoms with Crippen LogP contribution >= 0.6 is 23.1 Å². The first-order chi connectivity index (χ1) is 12.2. The van der Waals surface area contributed by atoms with Crippen molar-refractivity contribution in [2.75, 3.05) is 7.11 Å². The number of aromatic nitrogens is 1. The van der Waals surface area contributed by atoms with Gasteiger partial charge in [-0.2, -0.15) is 0 Å². The lowest BCUT2D eigenvalue weighted by Gasteiger charge is -2.08. The van der Waals surface area contributed by atoms with Crippen LogP contribution in [0.25, 0.3) is 16.8 Å². The number of hydrogen-bond acceptors (Lipinski definition) is 6. The molecule has 1 saturated heterocycles. The van der Waals surface area contributed by atoms with Crippen LogP contribution in [0.1, 0.15) is 16.5 Å². The van der Waals surface area contributed by atoms with Crippen LogP contribution in [0.4, 0.5) is 0 Å². The minimum atomic E-state index is -0.555. The van der Waals surface area contributed by atoms with Crippen molar-refractivity contribution >= 4 is 50.8 Å². The van der Waals surface area contributed by atoms with Gasteiger partial charge in [-0.25, -0.2) is 4.98 Å². The van der Waals surface area contributed by atoms with E-state index in [0.29, 0.717) is 15.0 Å². The van der Waals surface area contributed by atoms with Crippen LogP contribution in [0.15, 0.2) is 52.9 Å². The molecule has 0 spiro atoms. The zero-order valence-electron chi connectivity index (χ0n) is 13.4. The van der Waals surface area contributed by atoms with Gasteiger partial charge in [0, 0.05) is 17.0 Å². The predicted molar refractivity (Wildman–Crippen MR) is 104 cm³/mol. The van der Waals surface area contributed by atoms with Gasteiger partial charge >= 0.3 is 0 Å². The van der Waals surface area contributed by atoms with Gasteiger partial charge in [0.2, 0.25) is 0 Å². The highest BCUT2D eigenvalue weighted by Gasteiger charge is 2.38. The Balaban J connectivity index is 1.78. The lowest BCUT2D eigenvalue weighted by atomic mass is 10.0. The molecule has 1 aromatic heterocycles. The van der Waals surface area contributed by atoms with Gasteiger partial charge in [0.05, 0.1) is 17.1 Å². The standard InChI is InChI=1S/C19H14N2O2S2/c1-23-14-7-6-11(12-4-2-3-5-13(12)14)10-15-17(22)16(18(20)25-15)19-21-8-9-24-19/h2-10,16,20H,1H3/b15-10-,20-18?/t16-/m0/s1. The molecule has 1 N–H and O–H groups in total. The molecule has 6 heteroatoms. The Bertz CT molecular complexity index is 1010. The van der Waals surface area contributed by atoms with E-state index in [4.69, 9.17) is 10.1 Å². The lowest BCUT2D eigenvalue weighted by Crippen LogP contribution is -2.11. The Morgan fingerprint density at radius 3 is 2.72 bits per heavy atom.